The number of carbonyl (C=O) groups is 2. The molecule has 0 fully saturated rings. The van der Waals surface area contributed by atoms with Gasteiger partial charge >= 0.3 is 12.0 Å². The third kappa shape index (κ3) is 4.83. The first-order valence-electron chi connectivity index (χ1n) is 7.85. The number of nitrogens with one attached hydrogen (secondary N) is 1. The van der Waals surface area contributed by atoms with E-state index in [1.807, 2.05) is 0 Å². The first-order chi connectivity index (χ1) is 12.9. The van der Waals surface area contributed by atoms with Gasteiger partial charge in [-0.25, -0.2) is 9.78 Å². The summed E-state index contributed by atoms with van der Waals surface area (Å²) < 4.78 is 6.61. The van der Waals surface area contributed by atoms with Gasteiger partial charge in [0.05, 0.1) is 18.2 Å². The number of esters is 1. The summed E-state index contributed by atoms with van der Waals surface area (Å²) in [5.41, 5.74) is 5.95. The largest absolute Gasteiger partial charge is 0.459 e. The van der Waals surface area contributed by atoms with Gasteiger partial charge in [0.1, 0.15) is 6.61 Å². The highest BCUT2D eigenvalue weighted by atomic mass is 35.5. The monoisotopic (exact) mass is 406 g/mol. The number of nitrogens with two attached hydrogens (primary N) is 1. The number of aromatic nitrogens is 2. The van der Waals surface area contributed by atoms with Crippen LogP contribution in [-0.2, 0) is 16.1 Å². The van der Waals surface area contributed by atoms with Crippen LogP contribution in [0.5, 0.6) is 0 Å². The second-order valence-electron chi connectivity index (χ2n) is 5.62. The Kier molecular flexibility index (Phi) is 5.72. The van der Waals surface area contributed by atoms with Gasteiger partial charge in [0.2, 0.25) is 0 Å². The number of fused-ring (bicyclic) bond motifs is 1. The summed E-state index contributed by atoms with van der Waals surface area (Å²) in [6.07, 6.45) is 1.49. The summed E-state index contributed by atoms with van der Waals surface area (Å²) in [5, 5.41) is 4.77. The molecule has 0 spiro atoms. The number of amides is 2. The van der Waals surface area contributed by atoms with Gasteiger partial charge in [0.25, 0.3) is 5.56 Å². The van der Waals surface area contributed by atoms with E-state index in [1.165, 1.54) is 21.8 Å². The molecular formula is C17H15ClN4O4S. The Morgan fingerprint density at radius 3 is 2.78 bits per heavy atom. The predicted molar refractivity (Wildman–Crippen MR) is 101 cm³/mol. The topological polar surface area (TPSA) is 116 Å². The van der Waals surface area contributed by atoms with Crippen LogP contribution in [0.1, 0.15) is 23.7 Å². The Bertz CT molecular complexity index is 1030. The van der Waals surface area contributed by atoms with Crippen molar-refractivity contribution in [2.75, 3.05) is 0 Å². The third-order valence-electron chi connectivity index (χ3n) is 3.70. The van der Waals surface area contributed by atoms with E-state index >= 15 is 0 Å². The van der Waals surface area contributed by atoms with E-state index in [1.54, 1.807) is 35.8 Å². The van der Waals surface area contributed by atoms with Crippen LogP contribution in [0.25, 0.3) is 4.96 Å². The normalized spacial score (nSPS) is 11.9. The fourth-order valence-corrected chi connectivity index (χ4v) is 3.33. The Morgan fingerprint density at radius 2 is 2.07 bits per heavy atom. The van der Waals surface area contributed by atoms with Crippen molar-refractivity contribution in [1.29, 1.82) is 0 Å². The molecule has 10 heteroatoms. The van der Waals surface area contributed by atoms with Crippen LogP contribution in [0.3, 0.4) is 0 Å². The van der Waals surface area contributed by atoms with Crippen molar-refractivity contribution >= 4 is 39.9 Å². The van der Waals surface area contributed by atoms with Gasteiger partial charge in [-0.3, -0.25) is 14.0 Å². The average Bonchev–Trinajstić information content (AvgIpc) is 3.09. The number of carbonyl (C=O) groups excluding carboxylic acids is 2. The lowest BCUT2D eigenvalue weighted by molar-refractivity contribution is -0.145. The van der Waals surface area contributed by atoms with E-state index in [0.717, 1.165) is 0 Å². The van der Waals surface area contributed by atoms with Gasteiger partial charge in [-0.15, -0.1) is 11.3 Å². The van der Waals surface area contributed by atoms with Crippen molar-refractivity contribution in [3.05, 3.63) is 68.5 Å². The number of primary amides is 1. The van der Waals surface area contributed by atoms with E-state index in [9.17, 15) is 14.4 Å². The SMILES string of the molecule is NC(=O)N[C@@H](CC(=O)OCc1cc(=O)n2ccsc2n1)c1ccc(Cl)cc1. The number of benzene rings is 1. The van der Waals surface area contributed by atoms with Crippen molar-refractivity contribution in [3.8, 4) is 0 Å². The molecular weight excluding hydrogens is 392 g/mol. The zero-order chi connectivity index (χ0) is 19.4. The molecule has 27 heavy (non-hydrogen) atoms. The molecule has 0 saturated carbocycles. The minimum absolute atomic E-state index is 0.134. The van der Waals surface area contributed by atoms with Crippen molar-refractivity contribution in [1.82, 2.24) is 14.7 Å². The zero-order valence-electron chi connectivity index (χ0n) is 13.9. The minimum Gasteiger partial charge on any atom is -0.459 e. The van der Waals surface area contributed by atoms with E-state index in [4.69, 9.17) is 22.1 Å². The first kappa shape index (κ1) is 18.9. The van der Waals surface area contributed by atoms with Crippen molar-refractivity contribution < 1.29 is 14.3 Å². The summed E-state index contributed by atoms with van der Waals surface area (Å²) in [5.74, 6) is -0.572. The Labute approximate surface area is 162 Å². The van der Waals surface area contributed by atoms with Crippen LogP contribution in [0.15, 0.2) is 46.7 Å². The van der Waals surface area contributed by atoms with Crippen LogP contribution in [0.4, 0.5) is 4.79 Å². The molecule has 1 aromatic carbocycles. The van der Waals surface area contributed by atoms with E-state index in [-0.39, 0.29) is 18.6 Å². The Balaban J connectivity index is 1.67. The van der Waals surface area contributed by atoms with Crippen LogP contribution >= 0.6 is 22.9 Å². The highest BCUT2D eigenvalue weighted by Crippen LogP contribution is 2.20. The molecule has 2 aromatic heterocycles. The Morgan fingerprint density at radius 1 is 1.33 bits per heavy atom. The number of hydrogen-bond donors (Lipinski definition) is 2. The molecule has 8 nitrogen and oxygen atoms in total. The van der Waals surface area contributed by atoms with E-state index in [2.05, 4.69) is 10.3 Å². The smallest absolute Gasteiger partial charge is 0.312 e. The number of halogens is 1. The molecule has 1 atom stereocenters. The van der Waals surface area contributed by atoms with E-state index in [0.29, 0.717) is 21.2 Å². The van der Waals surface area contributed by atoms with Crippen LogP contribution in [0, 0.1) is 0 Å². The number of hydrogen-bond acceptors (Lipinski definition) is 6. The summed E-state index contributed by atoms with van der Waals surface area (Å²) in [4.78, 5) is 40.1. The third-order valence-corrected chi connectivity index (χ3v) is 4.71. The van der Waals surface area contributed by atoms with Crippen LogP contribution < -0.4 is 16.6 Å². The first-order valence-corrected chi connectivity index (χ1v) is 9.11. The highest BCUT2D eigenvalue weighted by Gasteiger charge is 2.19. The molecule has 0 bridgehead atoms. The number of nitrogens with zero attached hydrogens (tertiary/aromatic N) is 2. The fraction of sp³-hybridized carbons (Fsp3) is 0.176. The lowest BCUT2D eigenvalue weighted by atomic mass is 10.0. The maximum absolute atomic E-state index is 12.2. The van der Waals surface area contributed by atoms with Gasteiger partial charge in [-0.1, -0.05) is 23.7 Å². The Hall–Kier alpha value is -2.91. The molecule has 0 aliphatic rings. The molecule has 3 N–H and O–H groups in total. The highest BCUT2D eigenvalue weighted by molar-refractivity contribution is 7.15. The molecule has 2 heterocycles. The summed E-state index contributed by atoms with van der Waals surface area (Å²) >= 11 is 7.16. The summed E-state index contributed by atoms with van der Waals surface area (Å²) in [6.45, 7) is -0.146. The molecule has 0 radical (unpaired) electrons. The lowest BCUT2D eigenvalue weighted by Gasteiger charge is -2.17. The second-order valence-corrected chi connectivity index (χ2v) is 6.93. The van der Waals surface area contributed by atoms with Crippen molar-refractivity contribution in [2.24, 2.45) is 5.73 Å². The summed E-state index contributed by atoms with van der Waals surface area (Å²) in [7, 11) is 0. The molecule has 3 aromatic rings. The molecule has 0 aliphatic heterocycles. The van der Waals surface area contributed by atoms with Crippen LogP contribution in [0.2, 0.25) is 5.02 Å². The minimum atomic E-state index is -0.763. The number of rotatable bonds is 6. The summed E-state index contributed by atoms with van der Waals surface area (Å²) in [6, 6.07) is 6.54. The van der Waals surface area contributed by atoms with E-state index < -0.39 is 18.0 Å². The molecule has 2 amide bonds. The lowest BCUT2D eigenvalue weighted by Crippen LogP contribution is -2.34. The van der Waals surface area contributed by atoms with Gasteiger partial charge in [0, 0.05) is 22.7 Å². The second kappa shape index (κ2) is 8.19. The van der Waals surface area contributed by atoms with Gasteiger partial charge < -0.3 is 15.8 Å². The molecule has 0 aliphatic carbocycles. The van der Waals surface area contributed by atoms with Gasteiger partial charge in [0.15, 0.2) is 4.96 Å². The molecule has 0 saturated heterocycles. The molecule has 0 unspecified atom stereocenters. The number of ether oxygens (including phenoxy) is 1. The zero-order valence-corrected chi connectivity index (χ0v) is 15.5. The molecule has 140 valence electrons. The predicted octanol–water partition coefficient (Wildman–Crippen LogP) is 2.25. The number of thiazole rings is 1. The quantitative estimate of drug-likeness (QED) is 0.609. The standard InChI is InChI=1S/C17H15ClN4O4S/c18-11-3-1-10(2-4-11)13(21-16(19)25)8-15(24)26-9-12-7-14(23)22-5-6-27-17(22)20-12/h1-7,13H,8-9H2,(H3,19,21,25)/t13-/m0/s1. The fourth-order valence-electron chi connectivity index (χ4n) is 2.46. The van der Waals surface area contributed by atoms with Gasteiger partial charge in [-0.05, 0) is 17.7 Å². The maximum atomic E-state index is 12.2. The average molecular weight is 407 g/mol. The molecule has 3 rings (SSSR count). The van der Waals surface area contributed by atoms with Gasteiger partial charge in [-0.2, -0.15) is 0 Å². The number of urea groups is 1. The van der Waals surface area contributed by atoms with Crippen LogP contribution in [-0.4, -0.2) is 21.4 Å². The van der Waals surface area contributed by atoms with Crippen molar-refractivity contribution in [2.45, 2.75) is 19.1 Å². The maximum Gasteiger partial charge on any atom is 0.312 e. The van der Waals surface area contributed by atoms with Crippen molar-refractivity contribution in [3.63, 3.8) is 0 Å².